The van der Waals surface area contributed by atoms with Crippen LogP contribution in [-0.4, -0.2) is 16.5 Å². The van der Waals surface area contributed by atoms with Crippen molar-refractivity contribution in [1.29, 1.82) is 0 Å². The predicted molar refractivity (Wildman–Crippen MR) is 85.7 cm³/mol. The zero-order valence-corrected chi connectivity index (χ0v) is 12.3. The molecule has 0 aliphatic carbocycles. The van der Waals surface area contributed by atoms with Crippen LogP contribution in [-0.2, 0) is 0 Å². The van der Waals surface area contributed by atoms with Crippen molar-refractivity contribution < 1.29 is 0 Å². The second-order valence-corrected chi connectivity index (χ2v) is 5.47. The standard InChI is InChI=1S/C15H16N4S/c1-3-19(12-7-5-4-6-10(12)2)13-11-8-9-20-14(11)18-15(16)17-13/h4-9H,3H2,1-2H3,(H2,16,17,18). The number of nitrogens with two attached hydrogens (primary N) is 1. The molecule has 0 saturated carbocycles. The zero-order valence-electron chi connectivity index (χ0n) is 11.5. The summed E-state index contributed by atoms with van der Waals surface area (Å²) in [5.41, 5.74) is 8.22. The van der Waals surface area contributed by atoms with Gasteiger partial charge in [0.05, 0.1) is 5.39 Å². The van der Waals surface area contributed by atoms with E-state index in [1.54, 1.807) is 11.3 Å². The van der Waals surface area contributed by atoms with Crippen molar-refractivity contribution >= 4 is 39.0 Å². The van der Waals surface area contributed by atoms with Gasteiger partial charge in [0.2, 0.25) is 5.95 Å². The van der Waals surface area contributed by atoms with Crippen molar-refractivity contribution in [2.45, 2.75) is 13.8 Å². The molecular formula is C15H16N4S. The molecule has 0 amide bonds. The first-order valence-electron chi connectivity index (χ1n) is 6.54. The number of nitrogen functional groups attached to an aromatic ring is 1. The first-order chi connectivity index (χ1) is 9.70. The molecule has 0 aliphatic rings. The molecule has 0 unspecified atom stereocenters. The number of thiophene rings is 1. The van der Waals surface area contributed by atoms with Gasteiger partial charge in [-0.05, 0) is 36.9 Å². The van der Waals surface area contributed by atoms with Gasteiger partial charge in [-0.25, -0.2) is 4.98 Å². The molecule has 0 aliphatic heterocycles. The molecule has 4 nitrogen and oxygen atoms in total. The first kappa shape index (κ1) is 12.9. The molecule has 0 fully saturated rings. The van der Waals surface area contributed by atoms with Crippen LogP contribution in [0.4, 0.5) is 17.5 Å². The quantitative estimate of drug-likeness (QED) is 0.796. The second kappa shape index (κ2) is 5.09. The highest BCUT2D eigenvalue weighted by molar-refractivity contribution is 7.16. The van der Waals surface area contributed by atoms with Gasteiger partial charge in [0.1, 0.15) is 10.6 Å². The van der Waals surface area contributed by atoms with E-state index in [1.807, 2.05) is 17.5 Å². The van der Waals surface area contributed by atoms with Gasteiger partial charge < -0.3 is 10.6 Å². The first-order valence-corrected chi connectivity index (χ1v) is 7.42. The molecule has 0 radical (unpaired) electrons. The summed E-state index contributed by atoms with van der Waals surface area (Å²) in [4.78, 5) is 11.9. The number of nitrogens with zero attached hydrogens (tertiary/aromatic N) is 3. The molecule has 2 aromatic heterocycles. The van der Waals surface area contributed by atoms with E-state index >= 15 is 0 Å². The molecular weight excluding hydrogens is 268 g/mol. The van der Waals surface area contributed by atoms with Crippen LogP contribution in [0.15, 0.2) is 35.7 Å². The Hall–Kier alpha value is -2.14. The Balaban J connectivity index is 2.22. The van der Waals surface area contributed by atoms with Crippen molar-refractivity contribution in [1.82, 2.24) is 9.97 Å². The summed E-state index contributed by atoms with van der Waals surface area (Å²) in [5.74, 6) is 1.20. The van der Waals surface area contributed by atoms with Crippen molar-refractivity contribution in [2.24, 2.45) is 0 Å². The summed E-state index contributed by atoms with van der Waals surface area (Å²) in [5, 5.41) is 3.07. The van der Waals surface area contributed by atoms with Crippen LogP contribution in [0, 0.1) is 6.92 Å². The number of hydrogen-bond acceptors (Lipinski definition) is 5. The molecule has 3 aromatic rings. The summed E-state index contributed by atoms with van der Waals surface area (Å²) >= 11 is 1.59. The van der Waals surface area contributed by atoms with E-state index in [1.165, 1.54) is 5.56 Å². The Morgan fingerprint density at radius 3 is 2.75 bits per heavy atom. The minimum absolute atomic E-state index is 0.321. The van der Waals surface area contributed by atoms with Crippen LogP contribution in [0.5, 0.6) is 0 Å². The number of anilines is 3. The topological polar surface area (TPSA) is 55.0 Å². The average molecular weight is 284 g/mol. The minimum atomic E-state index is 0.321. The van der Waals surface area contributed by atoms with Crippen LogP contribution in [0.3, 0.4) is 0 Å². The van der Waals surface area contributed by atoms with Gasteiger partial charge in [0.25, 0.3) is 0 Å². The lowest BCUT2D eigenvalue weighted by atomic mass is 10.1. The Kier molecular flexibility index (Phi) is 3.28. The largest absolute Gasteiger partial charge is 0.368 e. The van der Waals surface area contributed by atoms with Crippen molar-refractivity contribution in [3.63, 3.8) is 0 Å². The highest BCUT2D eigenvalue weighted by Gasteiger charge is 2.16. The molecule has 1 aromatic carbocycles. The maximum Gasteiger partial charge on any atom is 0.223 e. The number of para-hydroxylation sites is 1. The highest BCUT2D eigenvalue weighted by Crippen LogP contribution is 2.33. The number of benzene rings is 1. The van der Waals surface area contributed by atoms with Crippen molar-refractivity contribution in [2.75, 3.05) is 17.2 Å². The smallest absolute Gasteiger partial charge is 0.223 e. The van der Waals surface area contributed by atoms with Gasteiger partial charge in [-0.2, -0.15) is 4.98 Å². The molecule has 2 heterocycles. The molecule has 0 spiro atoms. The molecule has 2 N–H and O–H groups in total. The Morgan fingerprint density at radius 1 is 1.20 bits per heavy atom. The second-order valence-electron chi connectivity index (χ2n) is 4.58. The number of aromatic nitrogens is 2. The zero-order chi connectivity index (χ0) is 14.1. The summed E-state index contributed by atoms with van der Waals surface area (Å²) in [6.45, 7) is 5.04. The van der Waals surface area contributed by atoms with Gasteiger partial charge in [-0.15, -0.1) is 11.3 Å². The Bertz CT molecular complexity index is 750. The monoisotopic (exact) mass is 284 g/mol. The van der Waals surface area contributed by atoms with E-state index in [0.717, 1.165) is 28.3 Å². The fourth-order valence-corrected chi connectivity index (χ4v) is 3.13. The van der Waals surface area contributed by atoms with Crippen LogP contribution in [0.2, 0.25) is 0 Å². The van der Waals surface area contributed by atoms with Gasteiger partial charge in [-0.1, -0.05) is 18.2 Å². The normalized spacial score (nSPS) is 10.9. The summed E-state index contributed by atoms with van der Waals surface area (Å²) in [6.07, 6.45) is 0. The van der Waals surface area contributed by atoms with Gasteiger partial charge in [-0.3, -0.25) is 0 Å². The summed E-state index contributed by atoms with van der Waals surface area (Å²) in [6, 6.07) is 10.3. The van der Waals surface area contributed by atoms with E-state index in [2.05, 4.69) is 46.9 Å². The third-order valence-electron chi connectivity index (χ3n) is 3.30. The van der Waals surface area contributed by atoms with Crippen LogP contribution >= 0.6 is 11.3 Å². The fourth-order valence-electron chi connectivity index (χ4n) is 2.36. The van der Waals surface area contributed by atoms with Crippen molar-refractivity contribution in [3.8, 4) is 0 Å². The third-order valence-corrected chi connectivity index (χ3v) is 4.11. The number of aryl methyl sites for hydroxylation is 1. The molecule has 0 bridgehead atoms. The number of fused-ring (bicyclic) bond motifs is 1. The van der Waals surface area contributed by atoms with Gasteiger partial charge >= 0.3 is 0 Å². The molecule has 0 atom stereocenters. The summed E-state index contributed by atoms with van der Waals surface area (Å²) in [7, 11) is 0. The molecule has 3 rings (SSSR count). The average Bonchev–Trinajstić information content (AvgIpc) is 2.89. The van der Waals surface area contributed by atoms with E-state index < -0.39 is 0 Å². The maximum absolute atomic E-state index is 5.85. The van der Waals surface area contributed by atoms with Gasteiger partial charge in [0.15, 0.2) is 0 Å². The van der Waals surface area contributed by atoms with Crippen LogP contribution in [0.1, 0.15) is 12.5 Å². The summed E-state index contributed by atoms with van der Waals surface area (Å²) < 4.78 is 0. The molecule has 5 heteroatoms. The van der Waals surface area contributed by atoms with Gasteiger partial charge in [0, 0.05) is 12.2 Å². The number of rotatable bonds is 3. The highest BCUT2D eigenvalue weighted by atomic mass is 32.1. The third kappa shape index (κ3) is 2.10. The minimum Gasteiger partial charge on any atom is -0.368 e. The molecule has 20 heavy (non-hydrogen) atoms. The van der Waals surface area contributed by atoms with E-state index in [9.17, 15) is 0 Å². The van der Waals surface area contributed by atoms with E-state index in [4.69, 9.17) is 5.73 Å². The predicted octanol–water partition coefficient (Wildman–Crippen LogP) is 3.74. The van der Waals surface area contributed by atoms with Crippen LogP contribution < -0.4 is 10.6 Å². The van der Waals surface area contributed by atoms with E-state index in [0.29, 0.717) is 5.95 Å². The Morgan fingerprint density at radius 2 is 2.00 bits per heavy atom. The lowest BCUT2D eigenvalue weighted by Crippen LogP contribution is -2.19. The SMILES string of the molecule is CCN(c1ccccc1C)c1nc(N)nc2sccc12. The Labute approximate surface area is 121 Å². The lowest BCUT2D eigenvalue weighted by Gasteiger charge is -2.24. The maximum atomic E-state index is 5.85. The fraction of sp³-hybridized carbons (Fsp3) is 0.200. The van der Waals surface area contributed by atoms with Crippen LogP contribution in [0.25, 0.3) is 10.2 Å². The lowest BCUT2D eigenvalue weighted by molar-refractivity contribution is 0.987. The molecule has 102 valence electrons. The van der Waals surface area contributed by atoms with Crippen molar-refractivity contribution in [3.05, 3.63) is 41.3 Å². The van der Waals surface area contributed by atoms with E-state index in [-0.39, 0.29) is 0 Å². The number of hydrogen-bond donors (Lipinski definition) is 1. The molecule has 0 saturated heterocycles.